The summed E-state index contributed by atoms with van der Waals surface area (Å²) in [5.74, 6) is 0. The van der Waals surface area contributed by atoms with E-state index in [4.69, 9.17) is 0 Å². The smallest absolute Gasteiger partial charge is 0.0524 e. The van der Waals surface area contributed by atoms with Gasteiger partial charge >= 0.3 is 0 Å². The highest BCUT2D eigenvalue weighted by Crippen LogP contribution is 2.28. The summed E-state index contributed by atoms with van der Waals surface area (Å²) in [4.78, 5) is 0. The maximum Gasteiger partial charge on any atom is 0.0524 e. The molecule has 0 aliphatic heterocycles. The molecule has 3 heteroatoms. The van der Waals surface area contributed by atoms with Crippen molar-refractivity contribution >= 4 is 22.6 Å². The van der Waals surface area contributed by atoms with Gasteiger partial charge in [-0.1, -0.05) is 83.3 Å². The van der Waals surface area contributed by atoms with Crippen LogP contribution in [0.25, 0.3) is 0 Å². The lowest BCUT2D eigenvalue weighted by molar-refractivity contribution is 0.430. The standard InChI is InChI=1S/C16H19IN2/c1-18-15(13-8-4-2-5-9-13)16(19-12-17)14-10-6-3-7-11-14/h2-11,15-16,18-19H,12H2,1H3/t15-,16-/m0/s1. The Morgan fingerprint density at radius 1 is 0.842 bits per heavy atom. The highest BCUT2D eigenvalue weighted by Gasteiger charge is 2.22. The maximum atomic E-state index is 3.57. The van der Waals surface area contributed by atoms with E-state index in [1.807, 2.05) is 7.05 Å². The lowest BCUT2D eigenvalue weighted by Gasteiger charge is -2.28. The molecule has 0 aliphatic carbocycles. The van der Waals surface area contributed by atoms with Crippen molar-refractivity contribution in [3.8, 4) is 0 Å². The number of hydrogen-bond donors (Lipinski definition) is 2. The Bertz CT molecular complexity index is 473. The molecule has 0 radical (unpaired) electrons. The van der Waals surface area contributed by atoms with E-state index < -0.39 is 0 Å². The van der Waals surface area contributed by atoms with E-state index in [0.29, 0.717) is 0 Å². The van der Waals surface area contributed by atoms with Crippen LogP contribution in [0.3, 0.4) is 0 Å². The molecule has 0 aromatic heterocycles. The van der Waals surface area contributed by atoms with Gasteiger partial charge in [0.05, 0.1) is 12.1 Å². The molecule has 0 fully saturated rings. The fourth-order valence-corrected chi connectivity index (χ4v) is 2.83. The average molecular weight is 366 g/mol. The lowest BCUT2D eigenvalue weighted by atomic mass is 9.93. The summed E-state index contributed by atoms with van der Waals surface area (Å²) in [6, 6.07) is 21.7. The van der Waals surface area contributed by atoms with Gasteiger partial charge in [-0.05, 0) is 18.2 Å². The van der Waals surface area contributed by atoms with Crippen LogP contribution in [0.5, 0.6) is 0 Å². The molecule has 0 saturated heterocycles. The zero-order chi connectivity index (χ0) is 13.5. The minimum atomic E-state index is 0.262. The zero-order valence-corrected chi connectivity index (χ0v) is 13.2. The van der Waals surface area contributed by atoms with Crippen LogP contribution in [0.4, 0.5) is 0 Å². The minimum absolute atomic E-state index is 0.262. The van der Waals surface area contributed by atoms with Crippen molar-refractivity contribution in [2.75, 3.05) is 11.6 Å². The van der Waals surface area contributed by atoms with Crippen LogP contribution in [-0.4, -0.2) is 11.6 Å². The van der Waals surface area contributed by atoms with E-state index in [0.717, 1.165) is 4.55 Å². The van der Waals surface area contributed by atoms with Gasteiger partial charge in [0.25, 0.3) is 0 Å². The van der Waals surface area contributed by atoms with Gasteiger partial charge in [-0.3, -0.25) is 5.32 Å². The highest BCUT2D eigenvalue weighted by molar-refractivity contribution is 14.1. The van der Waals surface area contributed by atoms with Crippen LogP contribution in [0, 0.1) is 0 Å². The van der Waals surface area contributed by atoms with Gasteiger partial charge in [0, 0.05) is 4.55 Å². The van der Waals surface area contributed by atoms with Crippen LogP contribution in [0.15, 0.2) is 60.7 Å². The molecule has 0 amide bonds. The summed E-state index contributed by atoms with van der Waals surface area (Å²) >= 11 is 2.36. The van der Waals surface area contributed by atoms with E-state index in [1.165, 1.54) is 11.1 Å². The number of halogens is 1. The SMILES string of the molecule is CN[C@@H](c1ccccc1)[C@@H](NCI)c1ccccc1. The molecule has 19 heavy (non-hydrogen) atoms. The van der Waals surface area contributed by atoms with Gasteiger partial charge in [-0.25, -0.2) is 0 Å². The number of benzene rings is 2. The molecule has 2 aromatic carbocycles. The van der Waals surface area contributed by atoms with Crippen LogP contribution in [0.1, 0.15) is 23.2 Å². The van der Waals surface area contributed by atoms with Crippen molar-refractivity contribution in [2.45, 2.75) is 12.1 Å². The molecular weight excluding hydrogens is 347 g/mol. The van der Waals surface area contributed by atoms with Crippen molar-refractivity contribution < 1.29 is 0 Å². The highest BCUT2D eigenvalue weighted by atomic mass is 127. The monoisotopic (exact) mass is 366 g/mol. The quantitative estimate of drug-likeness (QED) is 0.463. The number of hydrogen-bond acceptors (Lipinski definition) is 2. The van der Waals surface area contributed by atoms with Crippen LogP contribution in [0.2, 0.25) is 0 Å². The van der Waals surface area contributed by atoms with Gasteiger partial charge in [0.2, 0.25) is 0 Å². The predicted molar refractivity (Wildman–Crippen MR) is 89.4 cm³/mol. The van der Waals surface area contributed by atoms with Gasteiger partial charge < -0.3 is 5.32 Å². The first-order valence-electron chi connectivity index (χ1n) is 6.43. The summed E-state index contributed by atoms with van der Waals surface area (Å²) in [6.45, 7) is 0. The van der Waals surface area contributed by atoms with E-state index in [-0.39, 0.29) is 12.1 Å². The Morgan fingerprint density at radius 3 is 1.74 bits per heavy atom. The summed E-state index contributed by atoms with van der Waals surface area (Å²) in [7, 11) is 2.02. The third-order valence-electron chi connectivity index (χ3n) is 3.26. The van der Waals surface area contributed by atoms with E-state index in [2.05, 4.69) is 93.9 Å². The Labute approximate surface area is 128 Å². The third-order valence-corrected chi connectivity index (χ3v) is 3.70. The number of alkyl halides is 1. The summed E-state index contributed by atoms with van der Waals surface area (Å²) in [6.07, 6.45) is 0. The molecule has 100 valence electrons. The van der Waals surface area contributed by atoms with E-state index in [9.17, 15) is 0 Å². The van der Waals surface area contributed by atoms with Gasteiger partial charge in [-0.15, -0.1) is 0 Å². The average Bonchev–Trinajstić information content (AvgIpc) is 2.49. The molecule has 2 rings (SSSR count). The van der Waals surface area contributed by atoms with Crippen LogP contribution < -0.4 is 10.6 Å². The molecule has 0 spiro atoms. The van der Waals surface area contributed by atoms with Crippen LogP contribution in [-0.2, 0) is 0 Å². The van der Waals surface area contributed by atoms with Crippen molar-refractivity contribution in [3.63, 3.8) is 0 Å². The molecule has 2 atom stereocenters. The molecule has 0 heterocycles. The van der Waals surface area contributed by atoms with E-state index in [1.54, 1.807) is 0 Å². The Balaban J connectivity index is 2.31. The number of nitrogens with one attached hydrogen (secondary N) is 2. The number of rotatable bonds is 6. The molecular formula is C16H19IN2. The van der Waals surface area contributed by atoms with E-state index >= 15 is 0 Å². The first kappa shape index (κ1) is 14.5. The molecule has 0 unspecified atom stereocenters. The summed E-state index contributed by atoms with van der Waals surface area (Å²) in [5.41, 5.74) is 2.61. The topological polar surface area (TPSA) is 24.1 Å². The van der Waals surface area contributed by atoms with Crippen molar-refractivity contribution in [3.05, 3.63) is 71.8 Å². The second kappa shape index (κ2) is 7.62. The van der Waals surface area contributed by atoms with Crippen molar-refractivity contribution in [1.82, 2.24) is 10.6 Å². The third kappa shape index (κ3) is 3.78. The first-order chi connectivity index (χ1) is 9.36. The first-order valence-corrected chi connectivity index (χ1v) is 7.96. The van der Waals surface area contributed by atoms with Gasteiger partial charge in [-0.2, -0.15) is 0 Å². The van der Waals surface area contributed by atoms with Gasteiger partial charge in [0.1, 0.15) is 0 Å². The van der Waals surface area contributed by atoms with Crippen molar-refractivity contribution in [2.24, 2.45) is 0 Å². The maximum absolute atomic E-state index is 3.57. The molecule has 2 aromatic rings. The molecule has 2 nitrogen and oxygen atoms in total. The second-order valence-corrected chi connectivity index (χ2v) is 5.17. The Kier molecular flexibility index (Phi) is 5.82. The fourth-order valence-electron chi connectivity index (χ4n) is 2.36. The minimum Gasteiger partial charge on any atom is -0.311 e. The van der Waals surface area contributed by atoms with Crippen LogP contribution >= 0.6 is 22.6 Å². The Morgan fingerprint density at radius 2 is 1.32 bits per heavy atom. The normalized spacial score (nSPS) is 14.0. The zero-order valence-electron chi connectivity index (χ0n) is 11.0. The molecule has 2 N–H and O–H groups in total. The number of likely N-dealkylation sites (N-methyl/N-ethyl adjacent to an activating group) is 1. The molecule has 0 aliphatic rings. The molecule has 0 saturated carbocycles. The fraction of sp³-hybridized carbons (Fsp3) is 0.250. The second-order valence-electron chi connectivity index (χ2n) is 4.40. The molecule has 0 bridgehead atoms. The predicted octanol–water partition coefficient (Wildman–Crippen LogP) is 3.67. The summed E-state index contributed by atoms with van der Waals surface area (Å²) in [5, 5.41) is 7.01. The largest absolute Gasteiger partial charge is 0.311 e. The van der Waals surface area contributed by atoms with Gasteiger partial charge in [0.15, 0.2) is 0 Å². The van der Waals surface area contributed by atoms with Crippen molar-refractivity contribution in [1.29, 1.82) is 0 Å². The lowest BCUT2D eigenvalue weighted by Crippen LogP contribution is -2.33. The Hall–Kier alpha value is -0.910. The summed E-state index contributed by atoms with van der Waals surface area (Å²) < 4.78 is 0.919.